The van der Waals surface area contributed by atoms with E-state index in [9.17, 15) is 26.4 Å². The van der Waals surface area contributed by atoms with Crippen LogP contribution in [0.4, 0.5) is 13.2 Å². The number of carbonyl (C=O) groups is 1. The highest BCUT2D eigenvalue weighted by Gasteiger charge is 2.47. The van der Waals surface area contributed by atoms with Crippen LogP contribution in [-0.4, -0.2) is 53.1 Å². The molecule has 0 saturated heterocycles. The summed E-state index contributed by atoms with van der Waals surface area (Å²) in [5, 5.41) is 2.62. The van der Waals surface area contributed by atoms with Gasteiger partial charge in [-0.2, -0.15) is 13.2 Å². The predicted octanol–water partition coefficient (Wildman–Crippen LogP) is 5.26. The maximum Gasteiger partial charge on any atom is 0.394 e. The smallest absolute Gasteiger partial charge is 0.350 e. The van der Waals surface area contributed by atoms with Gasteiger partial charge in [-0.05, 0) is 56.1 Å². The van der Waals surface area contributed by atoms with Gasteiger partial charge < -0.3 is 5.32 Å². The van der Waals surface area contributed by atoms with Crippen LogP contribution in [0.25, 0.3) is 5.82 Å². The van der Waals surface area contributed by atoms with Crippen molar-refractivity contribution in [2.75, 3.05) is 12.8 Å². The molecule has 2 heterocycles. The van der Waals surface area contributed by atoms with Crippen molar-refractivity contribution in [2.24, 2.45) is 11.3 Å². The Labute approximate surface area is 221 Å². The molecule has 0 bridgehead atoms. The van der Waals surface area contributed by atoms with E-state index in [1.54, 1.807) is 17.6 Å². The highest BCUT2D eigenvalue weighted by atomic mass is 35.5. The van der Waals surface area contributed by atoms with Gasteiger partial charge in [0, 0.05) is 25.4 Å². The molecule has 3 rings (SSSR count). The topological polar surface area (TPSA) is 94.0 Å². The van der Waals surface area contributed by atoms with Crippen LogP contribution in [0.5, 0.6) is 0 Å². The molecule has 1 aliphatic carbocycles. The number of hydrogen-bond acceptors (Lipinski definition) is 5. The molecule has 206 valence electrons. The molecule has 1 aliphatic rings. The summed E-state index contributed by atoms with van der Waals surface area (Å²) in [7, 11) is -3.06. The Morgan fingerprint density at radius 2 is 1.84 bits per heavy atom. The summed E-state index contributed by atoms with van der Waals surface area (Å²) >= 11 is 6.59. The van der Waals surface area contributed by atoms with Gasteiger partial charge in [0.2, 0.25) is 0 Å². The minimum absolute atomic E-state index is 0.0480. The van der Waals surface area contributed by atoms with Crippen molar-refractivity contribution in [2.45, 2.75) is 77.6 Å². The first-order chi connectivity index (χ1) is 17.0. The van der Waals surface area contributed by atoms with Crippen LogP contribution in [0.2, 0.25) is 5.15 Å². The van der Waals surface area contributed by atoms with Gasteiger partial charge >= 0.3 is 6.18 Å². The maximum absolute atomic E-state index is 13.3. The number of imidazole rings is 1. The van der Waals surface area contributed by atoms with Gasteiger partial charge in [0.25, 0.3) is 5.91 Å². The number of aryl methyl sites for hydroxylation is 2. The molecule has 0 unspecified atom stereocenters. The Hall–Kier alpha value is -2.14. The van der Waals surface area contributed by atoms with E-state index < -0.39 is 27.3 Å². The fourth-order valence-corrected chi connectivity index (χ4v) is 6.13. The zero-order chi connectivity index (χ0) is 27.8. The molecule has 0 aliphatic heterocycles. The molecule has 37 heavy (non-hydrogen) atoms. The first-order valence-electron chi connectivity index (χ1n) is 12.3. The fraction of sp³-hybridized carbons (Fsp3) is 0.640. The van der Waals surface area contributed by atoms with Gasteiger partial charge in [-0.25, -0.2) is 18.4 Å². The van der Waals surface area contributed by atoms with Crippen molar-refractivity contribution in [3.8, 4) is 5.82 Å². The van der Waals surface area contributed by atoms with Crippen molar-refractivity contribution >= 4 is 27.3 Å². The third-order valence-electron chi connectivity index (χ3n) is 7.11. The number of carbonyl (C=O) groups excluding carboxylic acids is 1. The number of sulfone groups is 1. The molecule has 0 atom stereocenters. The van der Waals surface area contributed by atoms with Gasteiger partial charge in [0.15, 0.2) is 5.69 Å². The monoisotopic (exact) mass is 562 g/mol. The van der Waals surface area contributed by atoms with E-state index in [-0.39, 0.29) is 28.4 Å². The predicted molar refractivity (Wildman–Crippen MR) is 137 cm³/mol. The van der Waals surface area contributed by atoms with Gasteiger partial charge in [0.05, 0.1) is 10.7 Å². The van der Waals surface area contributed by atoms with Crippen molar-refractivity contribution in [1.82, 2.24) is 19.9 Å². The summed E-state index contributed by atoms with van der Waals surface area (Å²) in [6.07, 6.45) is 1.12. The summed E-state index contributed by atoms with van der Waals surface area (Å²) in [6.45, 7) is 6.28. The molecular formula is C25H34ClF3N4O3S. The maximum atomic E-state index is 13.3. The van der Waals surface area contributed by atoms with Crippen molar-refractivity contribution in [3.63, 3.8) is 0 Å². The van der Waals surface area contributed by atoms with Crippen LogP contribution >= 0.6 is 11.6 Å². The van der Waals surface area contributed by atoms with Crippen molar-refractivity contribution in [3.05, 3.63) is 40.1 Å². The minimum Gasteiger partial charge on any atom is -0.350 e. The van der Waals surface area contributed by atoms with Gasteiger partial charge in [0.1, 0.15) is 26.6 Å². The van der Waals surface area contributed by atoms with E-state index in [4.69, 9.17) is 11.6 Å². The van der Waals surface area contributed by atoms with Crippen LogP contribution < -0.4 is 5.32 Å². The molecule has 7 nitrogen and oxygen atoms in total. The molecule has 1 saturated carbocycles. The molecule has 0 spiro atoms. The molecular weight excluding hydrogens is 529 g/mol. The standard InChI is InChI=1S/C25H34ClF3N4O3S/c1-6-19-32-20(23(34)31-13-16-7-9-18(10-8-16)37(5,35)36)21(26)33(19)22-15(2)11-17(14-30-22)12-24(3,4)25(27,28)29/h11,14,16,18H,6-10,12-13H2,1-5H3,(H,31,34)/t16-,18-. The van der Waals surface area contributed by atoms with Gasteiger partial charge in [-0.3, -0.25) is 9.36 Å². The molecule has 2 aromatic heterocycles. The zero-order valence-corrected chi connectivity index (χ0v) is 23.3. The van der Waals surface area contributed by atoms with E-state index in [2.05, 4.69) is 15.3 Å². The summed E-state index contributed by atoms with van der Waals surface area (Å²) in [5.74, 6) is 0.639. The van der Waals surface area contributed by atoms with Crippen LogP contribution in [-0.2, 0) is 22.7 Å². The highest BCUT2D eigenvalue weighted by molar-refractivity contribution is 7.91. The SMILES string of the molecule is CCc1nc(C(=O)NC[C@H]2CC[C@H](S(C)(=O)=O)CC2)c(Cl)n1-c1ncc(CC(C)(C)C(F)(F)F)cc1C. The summed E-state index contributed by atoms with van der Waals surface area (Å²) in [5.41, 5.74) is -0.800. The van der Waals surface area contributed by atoms with Crippen LogP contribution in [0.1, 0.15) is 73.9 Å². The fourth-order valence-electron chi connectivity index (χ4n) is 4.69. The average Bonchev–Trinajstić information content (AvgIpc) is 3.12. The number of aromatic nitrogens is 3. The van der Waals surface area contributed by atoms with Crippen molar-refractivity contribution in [1.29, 1.82) is 0 Å². The highest BCUT2D eigenvalue weighted by Crippen LogP contribution is 2.40. The lowest BCUT2D eigenvalue weighted by Crippen LogP contribution is -2.34. The Kier molecular flexibility index (Phi) is 8.68. The molecule has 12 heteroatoms. The van der Waals surface area contributed by atoms with E-state index >= 15 is 0 Å². The number of nitrogens with one attached hydrogen (secondary N) is 1. The van der Waals surface area contributed by atoms with E-state index in [1.165, 1.54) is 12.5 Å². The molecule has 2 aromatic rings. The quantitative estimate of drug-likeness (QED) is 0.474. The van der Waals surface area contributed by atoms with Crippen molar-refractivity contribution < 1.29 is 26.4 Å². The largest absolute Gasteiger partial charge is 0.394 e. The lowest BCUT2D eigenvalue weighted by atomic mass is 9.85. The number of nitrogens with zero attached hydrogens (tertiary/aromatic N) is 3. The number of rotatable bonds is 8. The Bertz CT molecular complexity index is 1250. The van der Waals surface area contributed by atoms with Gasteiger partial charge in [-0.15, -0.1) is 0 Å². The Morgan fingerprint density at radius 1 is 1.22 bits per heavy atom. The van der Waals surface area contributed by atoms with Crippen LogP contribution in [0.15, 0.2) is 12.3 Å². The van der Waals surface area contributed by atoms with E-state index in [0.29, 0.717) is 61.4 Å². The normalized spacial score (nSPS) is 19.2. The number of pyridine rings is 1. The van der Waals surface area contributed by atoms with Crippen LogP contribution in [0, 0.1) is 18.3 Å². The average molecular weight is 563 g/mol. The lowest BCUT2D eigenvalue weighted by Gasteiger charge is -2.27. The second-order valence-electron chi connectivity index (χ2n) is 10.6. The Morgan fingerprint density at radius 3 is 2.35 bits per heavy atom. The van der Waals surface area contributed by atoms with E-state index in [1.807, 2.05) is 6.92 Å². The third kappa shape index (κ3) is 6.66. The number of amides is 1. The zero-order valence-electron chi connectivity index (χ0n) is 21.7. The first kappa shape index (κ1) is 29.4. The summed E-state index contributed by atoms with van der Waals surface area (Å²) in [4.78, 5) is 21.8. The number of alkyl halides is 3. The number of halogens is 4. The van der Waals surface area contributed by atoms with E-state index in [0.717, 1.165) is 13.8 Å². The molecule has 1 N–H and O–H groups in total. The lowest BCUT2D eigenvalue weighted by molar-refractivity contribution is -0.211. The first-order valence-corrected chi connectivity index (χ1v) is 14.6. The molecule has 1 fully saturated rings. The second-order valence-corrected chi connectivity index (χ2v) is 13.3. The molecule has 0 aromatic carbocycles. The second kappa shape index (κ2) is 10.9. The molecule has 0 radical (unpaired) electrons. The Balaban J connectivity index is 1.76. The molecule has 1 amide bonds. The van der Waals surface area contributed by atoms with Crippen LogP contribution in [0.3, 0.4) is 0 Å². The van der Waals surface area contributed by atoms with Gasteiger partial charge in [-0.1, -0.05) is 38.4 Å². The third-order valence-corrected chi connectivity index (χ3v) is 9.14. The summed E-state index contributed by atoms with van der Waals surface area (Å²) < 4.78 is 65.1. The minimum atomic E-state index is -4.35. The number of hydrogen-bond donors (Lipinski definition) is 1. The summed E-state index contributed by atoms with van der Waals surface area (Å²) in [6, 6.07) is 1.65.